The molecule has 1 unspecified atom stereocenters. The van der Waals surface area contributed by atoms with Gasteiger partial charge in [0.25, 0.3) is 0 Å². The summed E-state index contributed by atoms with van der Waals surface area (Å²) in [4.78, 5) is 10.6. The van der Waals surface area contributed by atoms with E-state index in [1.807, 2.05) is 0 Å². The van der Waals surface area contributed by atoms with Gasteiger partial charge in [-0.3, -0.25) is 4.79 Å². The Labute approximate surface area is 102 Å². The SMILES string of the molecule is COc1cc(CC(N)C(=O)O)ccc1OC(F)F. The molecule has 1 aromatic rings. The summed E-state index contributed by atoms with van der Waals surface area (Å²) in [6.07, 6.45) is 0.0701. The van der Waals surface area contributed by atoms with Gasteiger partial charge in [-0.25, -0.2) is 0 Å². The highest BCUT2D eigenvalue weighted by Crippen LogP contribution is 2.29. The lowest BCUT2D eigenvalue weighted by Gasteiger charge is -2.12. The highest BCUT2D eigenvalue weighted by atomic mass is 19.3. The van der Waals surface area contributed by atoms with E-state index in [2.05, 4.69) is 4.74 Å². The van der Waals surface area contributed by atoms with Crippen LogP contribution in [0.15, 0.2) is 18.2 Å². The lowest BCUT2D eigenvalue weighted by molar-refractivity contribution is -0.138. The van der Waals surface area contributed by atoms with Crippen LogP contribution in [-0.4, -0.2) is 30.8 Å². The fraction of sp³-hybridized carbons (Fsp3) is 0.364. The summed E-state index contributed by atoms with van der Waals surface area (Å²) in [5.41, 5.74) is 5.93. The Morgan fingerprint density at radius 2 is 2.11 bits per heavy atom. The minimum Gasteiger partial charge on any atom is -0.493 e. The Balaban J connectivity index is 2.87. The molecule has 1 aromatic carbocycles. The molecule has 5 nitrogen and oxygen atoms in total. The topological polar surface area (TPSA) is 81.8 Å². The first-order valence-electron chi connectivity index (χ1n) is 5.04. The van der Waals surface area contributed by atoms with Gasteiger partial charge < -0.3 is 20.3 Å². The molecule has 0 heterocycles. The predicted molar refractivity (Wildman–Crippen MR) is 58.9 cm³/mol. The zero-order chi connectivity index (χ0) is 13.7. The van der Waals surface area contributed by atoms with Crippen LogP contribution in [0.4, 0.5) is 8.78 Å². The van der Waals surface area contributed by atoms with Crippen molar-refractivity contribution < 1.29 is 28.2 Å². The number of methoxy groups -OCH3 is 1. The highest BCUT2D eigenvalue weighted by Gasteiger charge is 2.15. The molecule has 0 radical (unpaired) electrons. The normalized spacial score (nSPS) is 12.3. The van der Waals surface area contributed by atoms with Gasteiger partial charge in [-0.1, -0.05) is 6.07 Å². The molecule has 0 saturated heterocycles. The van der Waals surface area contributed by atoms with E-state index in [-0.39, 0.29) is 17.9 Å². The van der Waals surface area contributed by atoms with Gasteiger partial charge in [0, 0.05) is 0 Å². The number of ether oxygens (including phenoxy) is 2. The maximum atomic E-state index is 12.1. The molecule has 0 spiro atoms. The van der Waals surface area contributed by atoms with Crippen molar-refractivity contribution in [3.8, 4) is 11.5 Å². The van der Waals surface area contributed by atoms with E-state index >= 15 is 0 Å². The summed E-state index contributed by atoms with van der Waals surface area (Å²) in [6.45, 7) is -2.95. The standard InChI is InChI=1S/C11H13F2NO4/c1-17-9-5-6(4-7(14)10(15)16)2-3-8(9)18-11(12)13/h2-3,5,7,11H,4,14H2,1H3,(H,15,16). The quantitative estimate of drug-likeness (QED) is 0.805. The van der Waals surface area contributed by atoms with Gasteiger partial charge >= 0.3 is 12.6 Å². The second-order valence-electron chi connectivity index (χ2n) is 3.51. The Morgan fingerprint density at radius 1 is 1.44 bits per heavy atom. The number of carboxylic acid groups (broad SMARTS) is 1. The van der Waals surface area contributed by atoms with Crippen molar-refractivity contribution in [3.63, 3.8) is 0 Å². The molecule has 0 fully saturated rings. The molecule has 0 amide bonds. The van der Waals surface area contributed by atoms with Gasteiger partial charge in [-0.2, -0.15) is 8.78 Å². The number of carboxylic acids is 1. The lowest BCUT2D eigenvalue weighted by atomic mass is 10.1. The van der Waals surface area contributed by atoms with Crippen LogP contribution in [-0.2, 0) is 11.2 Å². The molecule has 0 aromatic heterocycles. The maximum absolute atomic E-state index is 12.1. The number of alkyl halides is 2. The molecule has 0 aliphatic heterocycles. The molecule has 0 saturated carbocycles. The predicted octanol–water partition coefficient (Wildman–Crippen LogP) is 1.25. The minimum atomic E-state index is -2.95. The first kappa shape index (κ1) is 14.2. The second-order valence-corrected chi connectivity index (χ2v) is 3.51. The first-order valence-corrected chi connectivity index (χ1v) is 5.04. The van der Waals surface area contributed by atoms with Gasteiger partial charge in [0.15, 0.2) is 11.5 Å². The largest absolute Gasteiger partial charge is 0.493 e. The first-order chi connectivity index (χ1) is 8.43. The van der Waals surface area contributed by atoms with E-state index in [1.54, 1.807) is 0 Å². The van der Waals surface area contributed by atoms with Crippen LogP contribution >= 0.6 is 0 Å². The molecule has 18 heavy (non-hydrogen) atoms. The smallest absolute Gasteiger partial charge is 0.387 e. The third-order valence-electron chi connectivity index (χ3n) is 2.22. The minimum absolute atomic E-state index is 0.0701. The van der Waals surface area contributed by atoms with Crippen molar-refractivity contribution in [3.05, 3.63) is 23.8 Å². The van der Waals surface area contributed by atoms with Gasteiger partial charge in [-0.05, 0) is 24.1 Å². The summed E-state index contributed by atoms with van der Waals surface area (Å²) in [6, 6.07) is 3.11. The Bertz CT molecular complexity index is 426. The average Bonchev–Trinajstić information content (AvgIpc) is 2.30. The Kier molecular flexibility index (Phi) is 4.85. The number of hydrogen-bond acceptors (Lipinski definition) is 4. The zero-order valence-corrected chi connectivity index (χ0v) is 9.60. The molecule has 0 bridgehead atoms. The molecule has 0 aliphatic carbocycles. The van der Waals surface area contributed by atoms with E-state index in [1.165, 1.54) is 25.3 Å². The van der Waals surface area contributed by atoms with Crippen LogP contribution in [0.1, 0.15) is 5.56 Å². The van der Waals surface area contributed by atoms with Crippen LogP contribution in [0.3, 0.4) is 0 Å². The molecule has 1 atom stereocenters. The third-order valence-corrected chi connectivity index (χ3v) is 2.22. The summed E-state index contributed by atoms with van der Waals surface area (Å²) < 4.78 is 33.3. The maximum Gasteiger partial charge on any atom is 0.387 e. The number of nitrogens with two attached hydrogens (primary N) is 1. The van der Waals surface area contributed by atoms with E-state index in [0.717, 1.165) is 0 Å². The molecule has 100 valence electrons. The van der Waals surface area contributed by atoms with Crippen LogP contribution in [0.5, 0.6) is 11.5 Å². The molecule has 1 rings (SSSR count). The second kappa shape index (κ2) is 6.15. The number of hydrogen-bond donors (Lipinski definition) is 2. The van der Waals surface area contributed by atoms with Crippen LogP contribution in [0.25, 0.3) is 0 Å². The fourth-order valence-corrected chi connectivity index (χ4v) is 1.37. The van der Waals surface area contributed by atoms with Crippen molar-refractivity contribution >= 4 is 5.97 Å². The number of carbonyl (C=O) groups is 1. The van der Waals surface area contributed by atoms with Gasteiger partial charge in [0.05, 0.1) is 7.11 Å². The number of aliphatic carboxylic acids is 1. The van der Waals surface area contributed by atoms with Crippen molar-refractivity contribution in [1.82, 2.24) is 0 Å². The van der Waals surface area contributed by atoms with E-state index in [9.17, 15) is 13.6 Å². The lowest BCUT2D eigenvalue weighted by Crippen LogP contribution is -2.32. The van der Waals surface area contributed by atoms with Crippen LogP contribution < -0.4 is 15.2 Å². The average molecular weight is 261 g/mol. The summed E-state index contributed by atoms with van der Waals surface area (Å²) in [7, 11) is 1.30. The van der Waals surface area contributed by atoms with Crippen molar-refractivity contribution in [2.75, 3.05) is 7.11 Å². The summed E-state index contributed by atoms with van der Waals surface area (Å²) in [5, 5.41) is 8.66. The van der Waals surface area contributed by atoms with Gasteiger partial charge in [-0.15, -0.1) is 0 Å². The molecule has 7 heteroatoms. The van der Waals surface area contributed by atoms with Gasteiger partial charge in [0.1, 0.15) is 6.04 Å². The molecular weight excluding hydrogens is 248 g/mol. The summed E-state index contributed by atoms with van der Waals surface area (Å²) in [5.74, 6) is -1.15. The Morgan fingerprint density at radius 3 is 2.61 bits per heavy atom. The van der Waals surface area contributed by atoms with Crippen molar-refractivity contribution in [1.29, 1.82) is 0 Å². The van der Waals surface area contributed by atoms with Crippen molar-refractivity contribution in [2.45, 2.75) is 19.1 Å². The molecule has 3 N–H and O–H groups in total. The number of rotatable bonds is 6. The highest BCUT2D eigenvalue weighted by molar-refractivity contribution is 5.73. The third kappa shape index (κ3) is 3.85. The van der Waals surface area contributed by atoms with Crippen LogP contribution in [0, 0.1) is 0 Å². The monoisotopic (exact) mass is 261 g/mol. The zero-order valence-electron chi connectivity index (χ0n) is 9.60. The fourth-order valence-electron chi connectivity index (χ4n) is 1.37. The molecular formula is C11H13F2NO4. The van der Waals surface area contributed by atoms with E-state index in [4.69, 9.17) is 15.6 Å². The molecule has 0 aliphatic rings. The Hall–Kier alpha value is -1.89. The van der Waals surface area contributed by atoms with Crippen molar-refractivity contribution in [2.24, 2.45) is 5.73 Å². The van der Waals surface area contributed by atoms with Crippen LogP contribution in [0.2, 0.25) is 0 Å². The van der Waals surface area contributed by atoms with Gasteiger partial charge in [0.2, 0.25) is 0 Å². The number of halogens is 2. The van der Waals surface area contributed by atoms with E-state index in [0.29, 0.717) is 5.56 Å². The number of benzene rings is 1. The van der Waals surface area contributed by atoms with E-state index < -0.39 is 18.6 Å². The summed E-state index contributed by atoms with van der Waals surface area (Å²) >= 11 is 0.